The zero-order chi connectivity index (χ0) is 22.8. The monoisotopic (exact) mass is 448 g/mol. The van der Waals surface area contributed by atoms with Crippen molar-refractivity contribution in [3.05, 3.63) is 88.8 Å². The molecular weight excluding hydrogens is 428 g/mol. The van der Waals surface area contributed by atoms with E-state index in [1.54, 1.807) is 30.0 Å². The molecule has 0 bridgehead atoms. The number of carboxylic acids is 1. The van der Waals surface area contributed by atoms with Gasteiger partial charge in [0.2, 0.25) is 0 Å². The lowest BCUT2D eigenvalue weighted by atomic mass is 9.93. The quantitative estimate of drug-likeness (QED) is 0.502. The van der Waals surface area contributed by atoms with Gasteiger partial charge in [-0.15, -0.1) is 0 Å². The number of thiocarbonyl (C=S) groups is 1. The van der Waals surface area contributed by atoms with E-state index in [1.165, 1.54) is 12.1 Å². The van der Waals surface area contributed by atoms with Crippen molar-refractivity contribution in [2.24, 2.45) is 0 Å². The average Bonchev–Trinajstić information content (AvgIpc) is 3.18. The van der Waals surface area contributed by atoms with Crippen LogP contribution in [0.1, 0.15) is 34.6 Å². The molecule has 1 atom stereocenters. The van der Waals surface area contributed by atoms with E-state index in [4.69, 9.17) is 16.7 Å². The van der Waals surface area contributed by atoms with Crippen LogP contribution in [0.4, 0.5) is 11.5 Å². The Labute approximate surface area is 189 Å². The molecule has 1 unspecified atom stereocenters. The summed E-state index contributed by atoms with van der Waals surface area (Å²) in [6.45, 7) is 3.55. The molecule has 32 heavy (non-hydrogen) atoms. The zero-order valence-corrected chi connectivity index (χ0v) is 18.1. The van der Waals surface area contributed by atoms with Crippen molar-refractivity contribution >= 4 is 40.7 Å². The molecule has 0 saturated heterocycles. The van der Waals surface area contributed by atoms with Gasteiger partial charge in [-0.3, -0.25) is 9.69 Å². The van der Waals surface area contributed by atoms with E-state index in [9.17, 15) is 14.7 Å². The minimum atomic E-state index is -1.02. The second kappa shape index (κ2) is 8.64. The van der Waals surface area contributed by atoms with Gasteiger partial charge in [0.15, 0.2) is 10.9 Å². The Bertz CT molecular complexity index is 1220. The Morgan fingerprint density at radius 1 is 1.12 bits per heavy atom. The summed E-state index contributed by atoms with van der Waals surface area (Å²) in [5.41, 5.74) is 2.73. The van der Waals surface area contributed by atoms with Crippen LogP contribution in [0.15, 0.2) is 76.5 Å². The summed E-state index contributed by atoms with van der Waals surface area (Å²) in [4.78, 5) is 26.4. The van der Waals surface area contributed by atoms with E-state index in [2.05, 4.69) is 15.8 Å². The van der Waals surface area contributed by atoms with Gasteiger partial charge in [-0.1, -0.05) is 35.5 Å². The summed E-state index contributed by atoms with van der Waals surface area (Å²) in [7, 11) is 0. The van der Waals surface area contributed by atoms with E-state index in [-0.39, 0.29) is 11.5 Å². The van der Waals surface area contributed by atoms with Crippen molar-refractivity contribution in [1.29, 1.82) is 0 Å². The predicted molar refractivity (Wildman–Crippen MR) is 123 cm³/mol. The van der Waals surface area contributed by atoms with Gasteiger partial charge in [-0.05, 0) is 55.9 Å². The number of benzene rings is 2. The number of hydrogen-bond donors (Lipinski definition) is 3. The fraction of sp³-hybridized carbons (Fsp3) is 0.130. The van der Waals surface area contributed by atoms with Crippen LogP contribution in [0.3, 0.4) is 0 Å². The molecule has 2 heterocycles. The Kier molecular flexibility index (Phi) is 5.74. The Hall–Kier alpha value is -3.98. The van der Waals surface area contributed by atoms with Crippen molar-refractivity contribution in [2.75, 3.05) is 10.2 Å². The standard InChI is InChI=1S/C23H20N4O4S/c1-13-12-18(26-31-13)24-21(28)19-14(2)27(17-6-4-3-5-7-17)23(32)25-20(19)15-8-10-16(11-9-15)22(29)30/h3-12,20H,1-2H3,(H,25,32)(H,29,30)(H,24,26,28). The van der Waals surface area contributed by atoms with Gasteiger partial charge < -0.3 is 20.3 Å². The molecule has 0 saturated carbocycles. The van der Waals surface area contributed by atoms with Crippen molar-refractivity contribution in [2.45, 2.75) is 19.9 Å². The molecule has 3 N–H and O–H groups in total. The van der Waals surface area contributed by atoms with Gasteiger partial charge in [-0.25, -0.2) is 4.79 Å². The van der Waals surface area contributed by atoms with Gasteiger partial charge in [0.1, 0.15) is 5.76 Å². The van der Waals surface area contributed by atoms with E-state index in [1.807, 2.05) is 37.3 Å². The number of amides is 1. The molecule has 8 nitrogen and oxygen atoms in total. The molecule has 1 aliphatic heterocycles. The minimum absolute atomic E-state index is 0.155. The maximum atomic E-state index is 13.4. The van der Waals surface area contributed by atoms with Crippen molar-refractivity contribution in [3.63, 3.8) is 0 Å². The number of carbonyl (C=O) groups is 2. The summed E-state index contributed by atoms with van der Waals surface area (Å²) in [5.74, 6) is -0.531. The first-order chi connectivity index (χ1) is 15.3. The number of aromatic carboxylic acids is 1. The number of anilines is 2. The van der Waals surface area contributed by atoms with Crippen LogP contribution in [0.25, 0.3) is 0 Å². The summed E-state index contributed by atoms with van der Waals surface area (Å²) >= 11 is 5.63. The number of carbonyl (C=O) groups excluding carboxylic acids is 1. The Balaban J connectivity index is 1.79. The second-order valence-corrected chi connectivity index (χ2v) is 7.64. The van der Waals surface area contributed by atoms with E-state index < -0.39 is 12.0 Å². The van der Waals surface area contributed by atoms with Crippen LogP contribution in [0.5, 0.6) is 0 Å². The SMILES string of the molecule is CC1=C(C(=O)Nc2cc(C)on2)C(c2ccc(C(=O)O)cc2)NC(=S)N1c1ccccc1. The summed E-state index contributed by atoms with van der Waals surface area (Å²) in [6.07, 6.45) is 0. The molecule has 0 radical (unpaired) electrons. The Morgan fingerprint density at radius 2 is 1.81 bits per heavy atom. The van der Waals surface area contributed by atoms with Crippen LogP contribution < -0.4 is 15.5 Å². The molecule has 2 aromatic carbocycles. The molecule has 0 fully saturated rings. The predicted octanol–water partition coefficient (Wildman–Crippen LogP) is 4.03. The number of aryl methyl sites for hydroxylation is 1. The first-order valence-corrected chi connectivity index (χ1v) is 10.2. The summed E-state index contributed by atoms with van der Waals surface area (Å²) in [6, 6.07) is 16.8. The maximum absolute atomic E-state index is 13.4. The molecule has 0 spiro atoms. The lowest BCUT2D eigenvalue weighted by molar-refractivity contribution is -0.113. The molecule has 162 valence electrons. The lowest BCUT2D eigenvalue weighted by Gasteiger charge is -2.37. The third-order valence-corrected chi connectivity index (χ3v) is 5.40. The molecule has 1 aliphatic rings. The largest absolute Gasteiger partial charge is 0.478 e. The highest BCUT2D eigenvalue weighted by atomic mass is 32.1. The zero-order valence-electron chi connectivity index (χ0n) is 17.3. The van der Waals surface area contributed by atoms with E-state index >= 15 is 0 Å². The number of hydrogen-bond acceptors (Lipinski definition) is 5. The van der Waals surface area contributed by atoms with Crippen LogP contribution in [-0.4, -0.2) is 27.3 Å². The number of carboxylic acid groups (broad SMARTS) is 1. The fourth-order valence-corrected chi connectivity index (χ4v) is 3.96. The molecular formula is C23H20N4O4S. The highest BCUT2D eigenvalue weighted by molar-refractivity contribution is 7.80. The lowest BCUT2D eigenvalue weighted by Crippen LogP contribution is -2.48. The van der Waals surface area contributed by atoms with Crippen molar-refractivity contribution in [1.82, 2.24) is 10.5 Å². The van der Waals surface area contributed by atoms with E-state index in [0.29, 0.717) is 33.5 Å². The van der Waals surface area contributed by atoms with Gasteiger partial charge in [0, 0.05) is 17.5 Å². The van der Waals surface area contributed by atoms with Crippen molar-refractivity contribution < 1.29 is 19.2 Å². The van der Waals surface area contributed by atoms with Crippen LogP contribution in [-0.2, 0) is 4.79 Å². The van der Waals surface area contributed by atoms with Crippen LogP contribution in [0, 0.1) is 6.92 Å². The smallest absolute Gasteiger partial charge is 0.335 e. The number of para-hydroxylation sites is 1. The topological polar surface area (TPSA) is 108 Å². The van der Waals surface area contributed by atoms with Crippen molar-refractivity contribution in [3.8, 4) is 0 Å². The first-order valence-electron chi connectivity index (χ1n) is 9.79. The summed E-state index contributed by atoms with van der Waals surface area (Å²) in [5, 5.41) is 19.5. The number of aromatic nitrogens is 1. The number of rotatable bonds is 5. The molecule has 9 heteroatoms. The molecule has 0 aliphatic carbocycles. The molecule has 4 rings (SSSR count). The Morgan fingerprint density at radius 3 is 2.41 bits per heavy atom. The van der Waals surface area contributed by atoms with Crippen LogP contribution >= 0.6 is 12.2 Å². The average molecular weight is 449 g/mol. The molecule has 1 amide bonds. The third-order valence-electron chi connectivity index (χ3n) is 5.10. The van der Waals surface area contributed by atoms with E-state index in [0.717, 1.165) is 5.69 Å². The molecule has 3 aromatic rings. The molecule has 1 aromatic heterocycles. The number of nitrogens with one attached hydrogen (secondary N) is 2. The normalized spacial score (nSPS) is 16.0. The van der Waals surface area contributed by atoms with Gasteiger partial charge in [-0.2, -0.15) is 0 Å². The second-order valence-electron chi connectivity index (χ2n) is 7.26. The minimum Gasteiger partial charge on any atom is -0.478 e. The highest BCUT2D eigenvalue weighted by Crippen LogP contribution is 2.34. The van der Waals surface area contributed by atoms with Gasteiger partial charge in [0.25, 0.3) is 5.91 Å². The number of allylic oxidation sites excluding steroid dienone is 1. The summed E-state index contributed by atoms with van der Waals surface area (Å²) < 4.78 is 5.05. The van der Waals surface area contributed by atoms with Crippen LogP contribution in [0.2, 0.25) is 0 Å². The number of nitrogens with zero attached hydrogens (tertiary/aromatic N) is 2. The van der Waals surface area contributed by atoms with Gasteiger partial charge in [0.05, 0.1) is 17.2 Å². The first kappa shape index (κ1) is 21.3. The van der Waals surface area contributed by atoms with Gasteiger partial charge >= 0.3 is 5.97 Å². The highest BCUT2D eigenvalue weighted by Gasteiger charge is 2.35. The third kappa shape index (κ3) is 4.10. The fourth-order valence-electron chi connectivity index (χ4n) is 3.60. The maximum Gasteiger partial charge on any atom is 0.335 e.